The summed E-state index contributed by atoms with van der Waals surface area (Å²) >= 11 is 0. The monoisotopic (exact) mass is 1040 g/mol. The molecule has 0 spiro atoms. The molecule has 18 nitrogen and oxygen atoms in total. The number of fused-ring (bicyclic) bond motifs is 5. The number of carboxylic acids is 3. The largest absolute Gasteiger partial charge is 3.00 e. The van der Waals surface area contributed by atoms with Gasteiger partial charge in [0.2, 0.25) is 5.91 Å². The van der Waals surface area contributed by atoms with E-state index >= 15 is 0 Å². The van der Waals surface area contributed by atoms with Gasteiger partial charge in [-0.1, -0.05) is 24.6 Å². The fraction of sp³-hybridized carbons (Fsp3) is 0.778. The Balaban J connectivity index is 0.00000771. The van der Waals surface area contributed by atoms with Crippen LogP contribution in [-0.4, -0.2) is 162 Å². The van der Waals surface area contributed by atoms with Crippen molar-refractivity contribution in [2.45, 2.75) is 97.6 Å². The number of Topliss-reactive ketones (excluding diaryl/α,β-unsaturated/α-hetero) is 1. The second-order valence-electron chi connectivity index (χ2n) is 19.2. The van der Waals surface area contributed by atoms with Gasteiger partial charge in [0.25, 0.3) is 0 Å². The van der Waals surface area contributed by atoms with E-state index in [2.05, 4.69) is 29.5 Å². The third-order valence-corrected chi connectivity index (χ3v) is 15.2. The molecular formula is C45H67GdN8O10. The summed E-state index contributed by atoms with van der Waals surface area (Å²) in [4.78, 5) is 79.7. The Morgan fingerprint density at radius 3 is 1.94 bits per heavy atom. The molecule has 3 saturated carbocycles. The molecule has 0 aromatic carbocycles. The van der Waals surface area contributed by atoms with Crippen LogP contribution in [0.5, 0.6) is 0 Å². The maximum absolute atomic E-state index is 13.6. The molecule has 6 rings (SSSR count). The molecule has 1 aromatic heterocycles. The third kappa shape index (κ3) is 14.1. The first-order valence-electron chi connectivity index (χ1n) is 23.1. The Labute approximate surface area is 408 Å². The number of ketones is 2. The molecule has 5 aliphatic rings. The van der Waals surface area contributed by atoms with Gasteiger partial charge in [0.15, 0.2) is 11.6 Å². The van der Waals surface area contributed by atoms with Crippen molar-refractivity contribution in [3.8, 4) is 0 Å². The van der Waals surface area contributed by atoms with Gasteiger partial charge in [0.1, 0.15) is 12.3 Å². The molecule has 1 radical (unpaired) electrons. The first kappa shape index (κ1) is 52.2. The van der Waals surface area contributed by atoms with Crippen LogP contribution in [0.1, 0.15) is 90.2 Å². The first-order valence-corrected chi connectivity index (χ1v) is 23.1. The first-order chi connectivity index (χ1) is 30.1. The van der Waals surface area contributed by atoms with Crippen molar-refractivity contribution in [3.63, 3.8) is 0 Å². The van der Waals surface area contributed by atoms with E-state index in [1.54, 1.807) is 25.6 Å². The Morgan fingerprint density at radius 2 is 1.34 bits per heavy atom. The summed E-state index contributed by atoms with van der Waals surface area (Å²) in [5.41, 5.74) is 2.13. The van der Waals surface area contributed by atoms with E-state index in [0.717, 1.165) is 64.2 Å². The normalized spacial score (nSPS) is 28.6. The quantitative estimate of drug-likeness (QED) is 0.152. The standard InChI is InChI=1S/C45H70N8O10.Gd/c1-44-12-10-34(54)24-32(44)6-7-35-36-8-9-38(45(36,2)13-11-37(35)44)39(55)31-63-23-5-3-4-14-53-26-33(47-48-53)25-46-40(56)27-49-15-17-50(28-41(57)58)19-21-52(30-43(61)62)22-20-51(18-16-49)29-42(59)60;/h24,26,35-38H,3-23,25,27-31H2,1-2H3,(H,46,56)(H,57,58)(H,59,60)(H,61,62);/q;+3/p-3. The Kier molecular flexibility index (Phi) is 19.8. The Hall–Kier alpha value is -2.78. The van der Waals surface area contributed by atoms with Gasteiger partial charge in [-0.15, -0.1) is 5.10 Å². The predicted octanol–water partition coefficient (Wildman–Crippen LogP) is -1.73. The number of carbonyl (C=O) groups excluding carboxylic acids is 6. The third-order valence-electron chi connectivity index (χ3n) is 15.2. The maximum Gasteiger partial charge on any atom is 3.00 e. The number of aromatic nitrogens is 3. The van der Waals surface area contributed by atoms with Gasteiger partial charge in [-0.25, -0.2) is 0 Å². The van der Waals surface area contributed by atoms with Crippen LogP contribution in [-0.2, 0) is 46.6 Å². The predicted molar refractivity (Wildman–Crippen MR) is 223 cm³/mol. The summed E-state index contributed by atoms with van der Waals surface area (Å²) < 4.78 is 7.68. The van der Waals surface area contributed by atoms with Crippen LogP contribution in [0.2, 0.25) is 0 Å². The number of nitrogens with zero attached hydrogens (tertiary/aromatic N) is 7. The van der Waals surface area contributed by atoms with Crippen molar-refractivity contribution in [2.75, 3.05) is 91.8 Å². The van der Waals surface area contributed by atoms with Crippen molar-refractivity contribution in [1.82, 2.24) is 39.9 Å². The van der Waals surface area contributed by atoms with Crippen molar-refractivity contribution in [3.05, 3.63) is 23.5 Å². The molecule has 6 atom stereocenters. The molecule has 4 aliphatic carbocycles. The summed E-state index contributed by atoms with van der Waals surface area (Å²) in [5.74, 6) is -1.76. The average molecular weight is 1040 g/mol. The molecule has 6 unspecified atom stereocenters. The molecule has 1 aliphatic heterocycles. The molecule has 1 saturated heterocycles. The number of nitrogens with one attached hydrogen (secondary N) is 1. The van der Waals surface area contributed by atoms with Crippen LogP contribution >= 0.6 is 0 Å². The molecule has 355 valence electrons. The van der Waals surface area contributed by atoms with Crippen molar-refractivity contribution in [1.29, 1.82) is 0 Å². The number of carboxylic acid groups (broad SMARTS) is 3. The van der Waals surface area contributed by atoms with E-state index < -0.39 is 17.9 Å². The minimum absolute atomic E-state index is 0. The van der Waals surface area contributed by atoms with Crippen LogP contribution in [0, 0.1) is 74.4 Å². The van der Waals surface area contributed by atoms with Gasteiger partial charge in [0, 0.05) is 97.5 Å². The second-order valence-corrected chi connectivity index (χ2v) is 19.2. The molecule has 1 amide bonds. The number of aliphatic carboxylic acids is 3. The van der Waals surface area contributed by atoms with Crippen LogP contribution in [0.25, 0.3) is 0 Å². The maximum atomic E-state index is 13.6. The Bertz CT molecular complexity index is 1800. The van der Waals surface area contributed by atoms with E-state index in [1.807, 2.05) is 11.0 Å². The molecule has 1 aromatic rings. The number of carbonyl (C=O) groups is 6. The van der Waals surface area contributed by atoms with Gasteiger partial charge >= 0.3 is 39.9 Å². The number of allylic oxidation sites excluding steroid dienone is 1. The van der Waals surface area contributed by atoms with Gasteiger partial charge in [-0.3, -0.25) is 38.7 Å². The number of ether oxygens (including phenoxy) is 1. The summed E-state index contributed by atoms with van der Waals surface area (Å²) in [6, 6.07) is 0. The molecule has 1 N–H and O–H groups in total. The van der Waals surface area contributed by atoms with E-state index in [0.29, 0.717) is 56.1 Å². The zero-order valence-electron chi connectivity index (χ0n) is 37.6. The molecule has 0 bridgehead atoms. The summed E-state index contributed by atoms with van der Waals surface area (Å²) in [6.07, 6.45) is 14.4. The average Bonchev–Trinajstić information content (AvgIpc) is 3.84. The number of hydrogen-bond donors (Lipinski definition) is 1. The number of rotatable bonds is 19. The summed E-state index contributed by atoms with van der Waals surface area (Å²) in [5, 5.41) is 45.5. The number of amides is 1. The zero-order valence-corrected chi connectivity index (χ0v) is 39.9. The molecular weight excluding hydrogens is 970 g/mol. The SMILES string of the molecule is CC12CCC(=O)C=C1CCC1C2CCC2(C)C(C(=O)COCCCCCn3cc(CNC(=O)CN4CCN(CC(=O)[O-])CCN(CC(=O)[O-])CCN(CC(=O)[O-])CC4)nn3)CCC12.[Gd+3]. The molecule has 4 fully saturated rings. The van der Waals surface area contributed by atoms with E-state index in [-0.39, 0.29) is 153 Å². The topological polar surface area (TPSA) is 237 Å². The van der Waals surface area contributed by atoms with Gasteiger partial charge in [0.05, 0.1) is 37.2 Å². The fourth-order valence-electron chi connectivity index (χ4n) is 11.8. The smallest absolute Gasteiger partial charge is 0.549 e. The van der Waals surface area contributed by atoms with E-state index in [1.165, 1.54) is 5.57 Å². The fourth-order valence-corrected chi connectivity index (χ4v) is 11.8. The second kappa shape index (κ2) is 24.3. The van der Waals surface area contributed by atoms with Gasteiger partial charge in [-0.05, 0) is 98.9 Å². The number of aryl methyl sites for hydroxylation is 1. The number of hydrogen-bond acceptors (Lipinski definition) is 16. The van der Waals surface area contributed by atoms with E-state index in [9.17, 15) is 44.1 Å². The molecule has 2 heterocycles. The van der Waals surface area contributed by atoms with Crippen LogP contribution in [0.3, 0.4) is 0 Å². The van der Waals surface area contributed by atoms with Gasteiger partial charge < -0.3 is 39.8 Å². The molecule has 19 heteroatoms. The van der Waals surface area contributed by atoms with Crippen LogP contribution < -0.4 is 20.6 Å². The van der Waals surface area contributed by atoms with Crippen LogP contribution in [0.4, 0.5) is 0 Å². The minimum Gasteiger partial charge on any atom is -0.549 e. The summed E-state index contributed by atoms with van der Waals surface area (Å²) in [6.45, 7) is 7.07. The zero-order chi connectivity index (χ0) is 45.1. The summed E-state index contributed by atoms with van der Waals surface area (Å²) in [7, 11) is 0. The molecule has 64 heavy (non-hydrogen) atoms. The number of unbranched alkanes of at least 4 members (excludes halogenated alkanes) is 2. The van der Waals surface area contributed by atoms with Crippen molar-refractivity contribution < 1.29 is 88.8 Å². The minimum atomic E-state index is -1.29. The van der Waals surface area contributed by atoms with E-state index in [4.69, 9.17) is 4.74 Å². The van der Waals surface area contributed by atoms with Gasteiger partial charge in [-0.2, -0.15) is 0 Å². The Morgan fingerprint density at radius 1 is 0.750 bits per heavy atom. The van der Waals surface area contributed by atoms with Crippen molar-refractivity contribution in [2.24, 2.45) is 34.5 Å². The van der Waals surface area contributed by atoms with Crippen molar-refractivity contribution >= 4 is 35.4 Å². The van der Waals surface area contributed by atoms with Crippen LogP contribution in [0.15, 0.2) is 17.8 Å².